The van der Waals surface area contributed by atoms with Gasteiger partial charge in [-0.05, 0) is 25.3 Å². The molecule has 0 bridgehead atoms. The van der Waals surface area contributed by atoms with Gasteiger partial charge in [-0.2, -0.15) is 5.10 Å². The zero-order valence-electron chi connectivity index (χ0n) is 10.1. The Labute approximate surface area is 96.0 Å². The summed E-state index contributed by atoms with van der Waals surface area (Å²) in [5.74, 6) is 0.981. The summed E-state index contributed by atoms with van der Waals surface area (Å²) in [6.07, 6.45) is 2.68. The van der Waals surface area contributed by atoms with Crippen LogP contribution in [0.4, 0.5) is 5.82 Å². The Morgan fingerprint density at radius 1 is 1.56 bits per heavy atom. The van der Waals surface area contributed by atoms with Crippen LogP contribution in [0.1, 0.15) is 27.2 Å². The van der Waals surface area contributed by atoms with Gasteiger partial charge in [0.1, 0.15) is 12.4 Å². The molecule has 0 saturated carbocycles. The van der Waals surface area contributed by atoms with E-state index >= 15 is 0 Å². The fourth-order valence-electron chi connectivity index (χ4n) is 1.70. The van der Waals surface area contributed by atoms with E-state index in [-0.39, 0.29) is 18.5 Å². The van der Waals surface area contributed by atoms with Crippen molar-refractivity contribution in [2.24, 2.45) is 5.92 Å². The molecule has 1 heterocycles. The van der Waals surface area contributed by atoms with Gasteiger partial charge in [-0.25, -0.2) is 0 Å². The quantitative estimate of drug-likeness (QED) is 0.784. The lowest BCUT2D eigenvalue weighted by molar-refractivity contribution is -0.122. The zero-order valence-corrected chi connectivity index (χ0v) is 10.1. The van der Waals surface area contributed by atoms with Crippen molar-refractivity contribution < 1.29 is 4.79 Å². The number of carbonyl (C=O) groups excluding carboxylic acids is 1. The van der Waals surface area contributed by atoms with Crippen LogP contribution in [0.2, 0.25) is 0 Å². The topological polar surface area (TPSA) is 72.9 Å². The summed E-state index contributed by atoms with van der Waals surface area (Å²) in [6.45, 7) is 6.50. The molecular formula is C11H20N4O. The van der Waals surface area contributed by atoms with Gasteiger partial charge >= 0.3 is 0 Å². The molecular weight excluding hydrogens is 204 g/mol. The standard InChI is InChI=1S/C11H20N4O/c1-8(2)6-9(3)13-11(16)7-15-5-4-10(12)14-15/h4-5,8-9H,6-7H2,1-3H3,(H2,12,14)(H,13,16). The van der Waals surface area contributed by atoms with Gasteiger partial charge in [0.2, 0.25) is 5.91 Å². The summed E-state index contributed by atoms with van der Waals surface area (Å²) in [5.41, 5.74) is 5.46. The molecule has 1 rings (SSSR count). The molecule has 1 atom stereocenters. The van der Waals surface area contributed by atoms with E-state index in [0.717, 1.165) is 6.42 Å². The Morgan fingerprint density at radius 2 is 2.25 bits per heavy atom. The van der Waals surface area contributed by atoms with Crippen LogP contribution in [0.3, 0.4) is 0 Å². The number of nitrogen functional groups attached to an aromatic ring is 1. The molecule has 0 aliphatic carbocycles. The number of nitrogens with two attached hydrogens (primary N) is 1. The maximum absolute atomic E-state index is 11.6. The number of nitrogens with one attached hydrogen (secondary N) is 1. The molecule has 16 heavy (non-hydrogen) atoms. The average Bonchev–Trinajstić information content (AvgIpc) is 2.48. The van der Waals surface area contributed by atoms with Crippen molar-refractivity contribution in [1.29, 1.82) is 0 Å². The van der Waals surface area contributed by atoms with Gasteiger partial charge in [-0.1, -0.05) is 13.8 Å². The fraction of sp³-hybridized carbons (Fsp3) is 0.636. The molecule has 90 valence electrons. The van der Waals surface area contributed by atoms with Gasteiger partial charge in [0.05, 0.1) is 0 Å². The van der Waals surface area contributed by atoms with Crippen LogP contribution < -0.4 is 11.1 Å². The molecule has 0 aliphatic rings. The number of rotatable bonds is 5. The zero-order chi connectivity index (χ0) is 12.1. The highest BCUT2D eigenvalue weighted by molar-refractivity contribution is 5.75. The third-order valence-corrected chi connectivity index (χ3v) is 2.20. The monoisotopic (exact) mass is 224 g/mol. The summed E-state index contributed by atoms with van der Waals surface area (Å²) in [5, 5.41) is 6.88. The molecule has 0 aromatic carbocycles. The van der Waals surface area contributed by atoms with E-state index in [1.807, 2.05) is 6.92 Å². The van der Waals surface area contributed by atoms with Crippen molar-refractivity contribution >= 4 is 11.7 Å². The van der Waals surface area contributed by atoms with Gasteiger partial charge in [-0.3, -0.25) is 9.48 Å². The van der Waals surface area contributed by atoms with Crippen LogP contribution in [0, 0.1) is 5.92 Å². The first kappa shape index (κ1) is 12.5. The Hall–Kier alpha value is -1.52. The maximum atomic E-state index is 11.6. The lowest BCUT2D eigenvalue weighted by Gasteiger charge is -2.15. The number of aromatic nitrogens is 2. The number of hydrogen-bond acceptors (Lipinski definition) is 3. The predicted octanol–water partition coefficient (Wildman–Crippen LogP) is 1.02. The van der Waals surface area contributed by atoms with Crippen molar-refractivity contribution in [3.05, 3.63) is 12.3 Å². The van der Waals surface area contributed by atoms with Crippen molar-refractivity contribution in [2.75, 3.05) is 5.73 Å². The number of anilines is 1. The van der Waals surface area contributed by atoms with Crippen LogP contribution in [-0.4, -0.2) is 21.7 Å². The van der Waals surface area contributed by atoms with Crippen LogP contribution in [0.15, 0.2) is 12.3 Å². The SMILES string of the molecule is CC(C)CC(C)NC(=O)Cn1ccc(N)n1. The van der Waals surface area contributed by atoms with Crippen LogP contribution >= 0.6 is 0 Å². The molecule has 5 heteroatoms. The molecule has 1 aromatic heterocycles. The Kier molecular flexibility index (Phi) is 4.34. The summed E-state index contributed by atoms with van der Waals surface area (Å²) in [4.78, 5) is 11.6. The number of hydrogen-bond donors (Lipinski definition) is 2. The second-order valence-electron chi connectivity index (χ2n) is 4.54. The summed E-state index contributed by atoms with van der Waals surface area (Å²) in [6, 6.07) is 1.87. The maximum Gasteiger partial charge on any atom is 0.241 e. The minimum Gasteiger partial charge on any atom is -0.382 e. The Morgan fingerprint density at radius 3 is 2.75 bits per heavy atom. The van der Waals surface area contributed by atoms with Crippen molar-refractivity contribution in [1.82, 2.24) is 15.1 Å². The van der Waals surface area contributed by atoms with Gasteiger partial charge in [0.25, 0.3) is 0 Å². The molecule has 1 amide bonds. The van der Waals surface area contributed by atoms with E-state index in [4.69, 9.17) is 5.73 Å². The second-order valence-corrected chi connectivity index (χ2v) is 4.54. The molecule has 0 spiro atoms. The number of nitrogens with zero attached hydrogens (tertiary/aromatic N) is 2. The fourth-order valence-corrected chi connectivity index (χ4v) is 1.70. The number of carbonyl (C=O) groups is 1. The van der Waals surface area contributed by atoms with Crippen molar-refractivity contribution in [2.45, 2.75) is 39.8 Å². The highest BCUT2D eigenvalue weighted by Crippen LogP contribution is 2.03. The summed E-state index contributed by atoms with van der Waals surface area (Å²) in [7, 11) is 0. The van der Waals surface area contributed by atoms with Crippen LogP contribution in [-0.2, 0) is 11.3 Å². The van der Waals surface area contributed by atoms with Gasteiger partial charge in [0, 0.05) is 12.2 Å². The van der Waals surface area contributed by atoms with Gasteiger partial charge in [-0.15, -0.1) is 0 Å². The van der Waals surface area contributed by atoms with Crippen molar-refractivity contribution in [3.63, 3.8) is 0 Å². The average molecular weight is 224 g/mol. The largest absolute Gasteiger partial charge is 0.382 e. The van der Waals surface area contributed by atoms with Crippen LogP contribution in [0.5, 0.6) is 0 Å². The first-order valence-corrected chi connectivity index (χ1v) is 5.55. The molecule has 0 radical (unpaired) electrons. The van der Waals surface area contributed by atoms with E-state index in [2.05, 4.69) is 24.3 Å². The van der Waals surface area contributed by atoms with E-state index in [9.17, 15) is 4.79 Å². The first-order valence-electron chi connectivity index (χ1n) is 5.55. The van der Waals surface area contributed by atoms with Gasteiger partial charge in [0.15, 0.2) is 0 Å². The summed E-state index contributed by atoms with van der Waals surface area (Å²) < 4.78 is 1.53. The molecule has 1 unspecified atom stereocenters. The third kappa shape index (κ3) is 4.33. The molecule has 0 saturated heterocycles. The van der Waals surface area contributed by atoms with Gasteiger partial charge < -0.3 is 11.1 Å². The van der Waals surface area contributed by atoms with Crippen LogP contribution in [0.25, 0.3) is 0 Å². The third-order valence-electron chi connectivity index (χ3n) is 2.20. The van der Waals surface area contributed by atoms with E-state index in [0.29, 0.717) is 11.7 Å². The van der Waals surface area contributed by atoms with E-state index in [1.54, 1.807) is 12.3 Å². The molecule has 3 N–H and O–H groups in total. The molecule has 0 aliphatic heterocycles. The van der Waals surface area contributed by atoms with E-state index in [1.165, 1.54) is 4.68 Å². The van der Waals surface area contributed by atoms with Crippen molar-refractivity contribution in [3.8, 4) is 0 Å². The Bertz CT molecular complexity index is 346. The minimum absolute atomic E-state index is 0.0312. The summed E-state index contributed by atoms with van der Waals surface area (Å²) >= 11 is 0. The minimum atomic E-state index is -0.0312. The highest BCUT2D eigenvalue weighted by Gasteiger charge is 2.09. The normalized spacial score (nSPS) is 12.8. The predicted molar refractivity (Wildman–Crippen MR) is 63.7 cm³/mol. The van der Waals surface area contributed by atoms with E-state index < -0.39 is 0 Å². The smallest absolute Gasteiger partial charge is 0.241 e. The lowest BCUT2D eigenvalue weighted by atomic mass is 10.1. The lowest BCUT2D eigenvalue weighted by Crippen LogP contribution is -2.36. The second kappa shape index (κ2) is 5.53. The first-order chi connectivity index (χ1) is 7.47. The molecule has 1 aromatic rings. The Balaban J connectivity index is 2.36. The molecule has 5 nitrogen and oxygen atoms in total. The number of amides is 1. The highest BCUT2D eigenvalue weighted by atomic mass is 16.2. The molecule has 0 fully saturated rings.